The van der Waals surface area contributed by atoms with E-state index in [1.54, 1.807) is 0 Å². The van der Waals surface area contributed by atoms with E-state index in [0.29, 0.717) is 31.3 Å². The normalized spacial score (nSPS) is 23.3. The molecule has 2 aromatic carbocycles. The van der Waals surface area contributed by atoms with E-state index in [1.165, 1.54) is 16.7 Å². The van der Waals surface area contributed by atoms with Gasteiger partial charge in [-0.2, -0.15) is 0 Å². The van der Waals surface area contributed by atoms with Crippen molar-refractivity contribution in [2.45, 2.75) is 58.7 Å². The minimum Gasteiger partial charge on any atom is -0.343 e. The van der Waals surface area contributed by atoms with Gasteiger partial charge in [0.15, 0.2) is 0 Å². The lowest BCUT2D eigenvalue weighted by molar-refractivity contribution is -0.139. The summed E-state index contributed by atoms with van der Waals surface area (Å²) < 4.78 is 0. The predicted molar refractivity (Wildman–Crippen MR) is 178 cm³/mol. The number of hydrogen-bond donors (Lipinski definition) is 2. The second-order valence-corrected chi connectivity index (χ2v) is 12.8. The molecule has 5 rings (SSSR count). The molecule has 0 aromatic heterocycles. The Kier molecular flexibility index (Phi) is 11.1. The van der Waals surface area contributed by atoms with Crippen molar-refractivity contribution >= 4 is 11.8 Å². The number of piperazine rings is 1. The van der Waals surface area contributed by atoms with E-state index >= 15 is 0 Å². The number of amides is 2. The zero-order valence-corrected chi connectivity index (χ0v) is 27.0. The van der Waals surface area contributed by atoms with Crippen molar-refractivity contribution in [2.24, 2.45) is 11.8 Å². The van der Waals surface area contributed by atoms with Crippen molar-refractivity contribution in [3.8, 4) is 0 Å². The van der Waals surface area contributed by atoms with Crippen LogP contribution in [0.15, 0.2) is 72.8 Å². The first-order valence-electron chi connectivity index (χ1n) is 16.6. The molecule has 5 atom stereocenters. The molecule has 0 radical (unpaired) electrons. The highest BCUT2D eigenvalue weighted by atomic mass is 16.2. The van der Waals surface area contributed by atoms with Gasteiger partial charge >= 0.3 is 0 Å². The van der Waals surface area contributed by atoms with Crippen LogP contribution in [0.3, 0.4) is 0 Å². The summed E-state index contributed by atoms with van der Waals surface area (Å²) in [5, 5.41) is 6.64. The maximum atomic E-state index is 14.1. The number of allylic oxidation sites excluding steroid dienone is 3. The third-order valence-electron chi connectivity index (χ3n) is 9.83. The number of nitrogens with zero attached hydrogens (tertiary/aromatic N) is 3. The van der Waals surface area contributed by atoms with Crippen LogP contribution in [0.2, 0.25) is 0 Å². The Bertz CT molecular complexity index is 1290. The zero-order chi connectivity index (χ0) is 31.1. The Hall–Kier alpha value is -3.26. The fourth-order valence-corrected chi connectivity index (χ4v) is 6.86. The molecule has 0 spiro atoms. The van der Waals surface area contributed by atoms with Crippen LogP contribution < -0.4 is 10.6 Å². The van der Waals surface area contributed by atoms with Crippen molar-refractivity contribution in [3.05, 3.63) is 95.1 Å². The lowest BCUT2D eigenvalue weighted by Gasteiger charge is -2.42. The number of carbonyl (C=O) groups excluding carboxylic acids is 2. The molecule has 3 aliphatic rings. The monoisotopic (exact) mass is 597 g/mol. The molecule has 0 saturated carbocycles. The van der Waals surface area contributed by atoms with Crippen molar-refractivity contribution < 1.29 is 9.59 Å². The van der Waals surface area contributed by atoms with E-state index in [-0.39, 0.29) is 23.9 Å². The molecule has 5 unspecified atom stereocenters. The quantitative estimate of drug-likeness (QED) is 0.405. The van der Waals surface area contributed by atoms with Crippen LogP contribution >= 0.6 is 0 Å². The molecular formula is C37H51N5O2. The van der Waals surface area contributed by atoms with E-state index in [2.05, 4.69) is 121 Å². The van der Waals surface area contributed by atoms with Crippen molar-refractivity contribution in [1.82, 2.24) is 25.3 Å². The summed E-state index contributed by atoms with van der Waals surface area (Å²) in [7, 11) is 0. The molecule has 2 aromatic rings. The molecule has 1 aliphatic carbocycles. The van der Waals surface area contributed by atoms with Gasteiger partial charge in [0.05, 0.1) is 6.04 Å². The zero-order valence-electron chi connectivity index (χ0n) is 27.0. The number of piperidine rings is 1. The largest absolute Gasteiger partial charge is 0.343 e. The fraction of sp³-hybridized carbons (Fsp3) is 0.514. The van der Waals surface area contributed by atoms with Crippen LogP contribution in [0.1, 0.15) is 48.6 Å². The average Bonchev–Trinajstić information content (AvgIpc) is 3.06. The Balaban J connectivity index is 1.27. The SMILES string of the molecule is CCN(CC)CC(c1ccc(C)cc1)N1CCN(C(=O)C(Cc2ccc(C)cc2)NC(=O)C2CC3C=CC=CC3CN2)CC1. The van der Waals surface area contributed by atoms with Gasteiger partial charge in [0.1, 0.15) is 6.04 Å². The van der Waals surface area contributed by atoms with Gasteiger partial charge in [-0.25, -0.2) is 0 Å². The first kappa shape index (κ1) is 32.1. The first-order chi connectivity index (χ1) is 21.3. The molecule has 2 N–H and O–H groups in total. The van der Waals surface area contributed by atoms with Crippen LogP contribution in [0.4, 0.5) is 0 Å². The molecule has 0 bridgehead atoms. The Morgan fingerprint density at radius 3 is 2.14 bits per heavy atom. The third kappa shape index (κ3) is 8.06. The summed E-state index contributed by atoms with van der Waals surface area (Å²) in [6.07, 6.45) is 9.84. The predicted octanol–water partition coefficient (Wildman–Crippen LogP) is 4.28. The molecule has 2 aliphatic heterocycles. The van der Waals surface area contributed by atoms with E-state index in [4.69, 9.17) is 0 Å². The maximum absolute atomic E-state index is 14.1. The number of nitrogens with one attached hydrogen (secondary N) is 2. The second kappa shape index (κ2) is 15.2. The van der Waals surface area contributed by atoms with Crippen LogP contribution in [0.5, 0.6) is 0 Å². The van der Waals surface area contributed by atoms with Crippen molar-refractivity contribution in [1.29, 1.82) is 0 Å². The number of aryl methyl sites for hydroxylation is 2. The lowest BCUT2D eigenvalue weighted by Crippen LogP contribution is -2.59. The van der Waals surface area contributed by atoms with Crippen LogP contribution in [-0.2, 0) is 16.0 Å². The molecule has 2 amide bonds. The topological polar surface area (TPSA) is 67.9 Å². The molecule has 2 fully saturated rings. The molecular weight excluding hydrogens is 546 g/mol. The third-order valence-corrected chi connectivity index (χ3v) is 9.83. The Morgan fingerprint density at radius 2 is 1.50 bits per heavy atom. The minimum atomic E-state index is -0.596. The molecule has 2 saturated heterocycles. The smallest absolute Gasteiger partial charge is 0.245 e. The summed E-state index contributed by atoms with van der Waals surface area (Å²) in [4.78, 5) is 34.7. The molecule has 7 nitrogen and oxygen atoms in total. The van der Waals surface area contributed by atoms with Gasteiger partial charge in [-0.15, -0.1) is 0 Å². The van der Waals surface area contributed by atoms with Gasteiger partial charge in [-0.05, 0) is 56.3 Å². The Labute approximate surface area is 264 Å². The van der Waals surface area contributed by atoms with Gasteiger partial charge in [0.25, 0.3) is 0 Å². The highest BCUT2D eigenvalue weighted by Gasteiger charge is 2.36. The van der Waals surface area contributed by atoms with Gasteiger partial charge in [0, 0.05) is 51.7 Å². The van der Waals surface area contributed by atoms with E-state index in [1.807, 2.05) is 4.90 Å². The van der Waals surface area contributed by atoms with Gasteiger partial charge < -0.3 is 20.4 Å². The van der Waals surface area contributed by atoms with Gasteiger partial charge in [-0.3, -0.25) is 14.5 Å². The summed E-state index contributed by atoms with van der Waals surface area (Å²) >= 11 is 0. The maximum Gasteiger partial charge on any atom is 0.245 e. The summed E-state index contributed by atoms with van der Waals surface area (Å²) in [5.74, 6) is 0.725. The van der Waals surface area contributed by atoms with Gasteiger partial charge in [0.2, 0.25) is 11.8 Å². The number of rotatable bonds is 11. The number of fused-ring (bicyclic) bond motifs is 1. The Morgan fingerprint density at radius 1 is 0.886 bits per heavy atom. The van der Waals surface area contributed by atoms with Crippen molar-refractivity contribution in [2.75, 3.05) is 52.4 Å². The first-order valence-corrected chi connectivity index (χ1v) is 16.6. The highest BCUT2D eigenvalue weighted by molar-refractivity contribution is 5.90. The van der Waals surface area contributed by atoms with Gasteiger partial charge in [-0.1, -0.05) is 97.8 Å². The highest BCUT2D eigenvalue weighted by Crippen LogP contribution is 2.28. The summed E-state index contributed by atoms with van der Waals surface area (Å²) in [6, 6.07) is 16.6. The number of benzene rings is 2. The number of likely N-dealkylation sites (N-methyl/N-ethyl adjacent to an activating group) is 1. The molecule has 236 valence electrons. The minimum absolute atomic E-state index is 0.0170. The molecule has 2 heterocycles. The van der Waals surface area contributed by atoms with Crippen LogP contribution in [-0.4, -0.2) is 91.0 Å². The van der Waals surface area contributed by atoms with Crippen LogP contribution in [0.25, 0.3) is 0 Å². The summed E-state index contributed by atoms with van der Waals surface area (Å²) in [5.41, 5.74) is 4.84. The number of carbonyl (C=O) groups is 2. The second-order valence-electron chi connectivity index (χ2n) is 12.8. The van der Waals surface area contributed by atoms with Crippen LogP contribution in [0, 0.1) is 25.7 Å². The average molecular weight is 598 g/mol. The fourth-order valence-electron chi connectivity index (χ4n) is 6.86. The van der Waals surface area contributed by atoms with E-state index in [9.17, 15) is 9.59 Å². The van der Waals surface area contributed by atoms with Crippen molar-refractivity contribution in [3.63, 3.8) is 0 Å². The van der Waals surface area contributed by atoms with E-state index < -0.39 is 6.04 Å². The number of hydrogen-bond acceptors (Lipinski definition) is 5. The molecule has 44 heavy (non-hydrogen) atoms. The molecule has 7 heteroatoms. The van der Waals surface area contributed by atoms with E-state index in [0.717, 1.165) is 51.3 Å². The standard InChI is InChI=1S/C37H51N5O2/c1-5-40(6-2)26-35(30-17-13-28(4)14-18-30)41-19-21-42(22-20-41)37(44)34(23-29-15-11-27(3)12-16-29)39-36(43)33-24-31-9-7-8-10-32(31)25-38-33/h7-18,31-35,38H,5-6,19-26H2,1-4H3,(H,39,43). The summed E-state index contributed by atoms with van der Waals surface area (Å²) in [6.45, 7) is 15.3. The lowest BCUT2D eigenvalue weighted by atomic mass is 9.80.